The molecule has 3 nitrogen and oxygen atoms in total. The first-order chi connectivity index (χ1) is 7.74. The summed E-state index contributed by atoms with van der Waals surface area (Å²) in [5.74, 6) is 1.96. The third-order valence-corrected chi connectivity index (χ3v) is 2.79. The summed E-state index contributed by atoms with van der Waals surface area (Å²) in [6.45, 7) is 5.41. The highest BCUT2D eigenvalue weighted by molar-refractivity contribution is 5.48. The second-order valence-corrected chi connectivity index (χ2v) is 4.17. The highest BCUT2D eigenvalue weighted by Gasteiger charge is 2.21. The summed E-state index contributed by atoms with van der Waals surface area (Å²) in [5, 5.41) is 0. The normalized spacial score (nSPS) is 18.1. The number of fused-ring (bicyclic) bond motifs is 1. The minimum Gasteiger partial charge on any atom is -0.494 e. The molecule has 0 aliphatic carbocycles. The Kier molecular flexibility index (Phi) is 3.34. The van der Waals surface area contributed by atoms with Crippen molar-refractivity contribution in [3.8, 4) is 11.5 Å². The zero-order valence-electron chi connectivity index (χ0n) is 9.95. The maximum absolute atomic E-state index is 5.73. The average Bonchev–Trinajstić information content (AvgIpc) is 2.58. The molecule has 1 atom stereocenters. The topological polar surface area (TPSA) is 44.5 Å². The van der Waals surface area contributed by atoms with E-state index in [0.717, 1.165) is 29.9 Å². The zero-order valence-corrected chi connectivity index (χ0v) is 9.95. The quantitative estimate of drug-likeness (QED) is 0.844. The molecule has 0 saturated heterocycles. The fourth-order valence-corrected chi connectivity index (χ4v) is 2.12. The standard InChI is InChI=1S/C13H19NO2/c1-3-15-12-8-11-6-9(2)16-13(11)7-10(12)4-5-14/h7-9H,3-6,14H2,1-2H3. The maximum Gasteiger partial charge on any atom is 0.123 e. The Labute approximate surface area is 96.5 Å². The zero-order chi connectivity index (χ0) is 11.5. The first kappa shape index (κ1) is 11.3. The summed E-state index contributed by atoms with van der Waals surface area (Å²) < 4.78 is 11.4. The van der Waals surface area contributed by atoms with Crippen molar-refractivity contribution in [2.75, 3.05) is 13.2 Å². The molecule has 1 aliphatic rings. The molecule has 0 spiro atoms. The monoisotopic (exact) mass is 221 g/mol. The van der Waals surface area contributed by atoms with E-state index in [4.69, 9.17) is 15.2 Å². The van der Waals surface area contributed by atoms with Crippen LogP contribution >= 0.6 is 0 Å². The van der Waals surface area contributed by atoms with Crippen LogP contribution in [-0.4, -0.2) is 19.3 Å². The predicted molar refractivity (Wildman–Crippen MR) is 64.2 cm³/mol. The minimum absolute atomic E-state index is 0.276. The van der Waals surface area contributed by atoms with Crippen LogP contribution in [0.25, 0.3) is 0 Å². The fraction of sp³-hybridized carbons (Fsp3) is 0.538. The van der Waals surface area contributed by atoms with Gasteiger partial charge in [0.25, 0.3) is 0 Å². The third kappa shape index (κ3) is 2.14. The second kappa shape index (κ2) is 4.74. The van der Waals surface area contributed by atoms with Crippen molar-refractivity contribution in [3.63, 3.8) is 0 Å². The van der Waals surface area contributed by atoms with Crippen LogP contribution < -0.4 is 15.2 Å². The molecule has 2 N–H and O–H groups in total. The number of hydrogen-bond acceptors (Lipinski definition) is 3. The molecule has 1 heterocycles. The van der Waals surface area contributed by atoms with Crippen molar-refractivity contribution >= 4 is 0 Å². The van der Waals surface area contributed by atoms with Crippen LogP contribution in [0.2, 0.25) is 0 Å². The molecular formula is C13H19NO2. The Morgan fingerprint density at radius 2 is 2.31 bits per heavy atom. The van der Waals surface area contributed by atoms with Crippen molar-refractivity contribution in [2.45, 2.75) is 32.8 Å². The predicted octanol–water partition coefficient (Wildman–Crippen LogP) is 1.91. The third-order valence-electron chi connectivity index (χ3n) is 2.79. The Hall–Kier alpha value is -1.22. The Morgan fingerprint density at radius 3 is 3.00 bits per heavy atom. The van der Waals surface area contributed by atoms with Gasteiger partial charge in [-0.25, -0.2) is 0 Å². The van der Waals surface area contributed by atoms with Gasteiger partial charge in [-0.15, -0.1) is 0 Å². The van der Waals surface area contributed by atoms with Crippen molar-refractivity contribution in [2.24, 2.45) is 5.73 Å². The average molecular weight is 221 g/mol. The summed E-state index contributed by atoms with van der Waals surface area (Å²) >= 11 is 0. The van der Waals surface area contributed by atoms with Gasteiger partial charge in [-0.1, -0.05) is 0 Å². The Bertz CT molecular complexity index is 341. The Morgan fingerprint density at radius 1 is 1.50 bits per heavy atom. The molecule has 0 radical (unpaired) electrons. The first-order valence-electron chi connectivity index (χ1n) is 5.90. The molecule has 0 saturated carbocycles. The van der Waals surface area contributed by atoms with Gasteiger partial charge in [0.2, 0.25) is 0 Å². The smallest absolute Gasteiger partial charge is 0.123 e. The summed E-state index contributed by atoms with van der Waals surface area (Å²) in [6, 6.07) is 4.18. The first-order valence-corrected chi connectivity index (χ1v) is 5.90. The lowest BCUT2D eigenvalue weighted by atomic mass is 10.0. The van der Waals surface area contributed by atoms with E-state index in [9.17, 15) is 0 Å². The van der Waals surface area contributed by atoms with Gasteiger partial charge < -0.3 is 15.2 Å². The highest BCUT2D eigenvalue weighted by atomic mass is 16.5. The number of rotatable bonds is 4. The van der Waals surface area contributed by atoms with E-state index >= 15 is 0 Å². The molecular weight excluding hydrogens is 202 g/mol. The molecule has 0 bridgehead atoms. The molecule has 1 aromatic rings. The summed E-state index contributed by atoms with van der Waals surface area (Å²) in [4.78, 5) is 0. The fourth-order valence-electron chi connectivity index (χ4n) is 2.12. The molecule has 88 valence electrons. The molecule has 2 rings (SSSR count). The maximum atomic E-state index is 5.73. The van der Waals surface area contributed by atoms with E-state index in [-0.39, 0.29) is 6.10 Å². The van der Waals surface area contributed by atoms with Crippen LogP contribution in [-0.2, 0) is 12.8 Å². The van der Waals surface area contributed by atoms with E-state index < -0.39 is 0 Å². The van der Waals surface area contributed by atoms with E-state index in [1.807, 2.05) is 6.92 Å². The highest BCUT2D eigenvalue weighted by Crippen LogP contribution is 2.35. The SMILES string of the molecule is CCOc1cc2c(cc1CCN)OC(C)C2. The summed E-state index contributed by atoms with van der Waals surface area (Å²) in [5.41, 5.74) is 8.00. The lowest BCUT2D eigenvalue weighted by Gasteiger charge is -2.11. The molecule has 0 aromatic heterocycles. The number of nitrogens with two attached hydrogens (primary N) is 1. The van der Waals surface area contributed by atoms with E-state index in [1.54, 1.807) is 0 Å². The van der Waals surface area contributed by atoms with Crippen LogP contribution in [0.5, 0.6) is 11.5 Å². The van der Waals surface area contributed by atoms with Gasteiger partial charge in [-0.3, -0.25) is 0 Å². The van der Waals surface area contributed by atoms with Gasteiger partial charge in [-0.05, 0) is 44.5 Å². The number of benzene rings is 1. The molecule has 1 aromatic carbocycles. The van der Waals surface area contributed by atoms with Crippen LogP contribution in [0.1, 0.15) is 25.0 Å². The molecule has 1 unspecified atom stereocenters. The number of hydrogen-bond donors (Lipinski definition) is 1. The van der Waals surface area contributed by atoms with Crippen LogP contribution in [0, 0.1) is 0 Å². The van der Waals surface area contributed by atoms with E-state index in [0.29, 0.717) is 13.2 Å². The van der Waals surface area contributed by atoms with Gasteiger partial charge in [0.15, 0.2) is 0 Å². The lowest BCUT2D eigenvalue weighted by Crippen LogP contribution is -2.06. The van der Waals surface area contributed by atoms with Crippen molar-refractivity contribution in [1.29, 1.82) is 0 Å². The van der Waals surface area contributed by atoms with Gasteiger partial charge in [0, 0.05) is 12.0 Å². The second-order valence-electron chi connectivity index (χ2n) is 4.17. The molecule has 3 heteroatoms. The van der Waals surface area contributed by atoms with Crippen LogP contribution in [0.3, 0.4) is 0 Å². The lowest BCUT2D eigenvalue weighted by molar-refractivity contribution is 0.254. The molecule has 1 aliphatic heterocycles. The van der Waals surface area contributed by atoms with Gasteiger partial charge in [-0.2, -0.15) is 0 Å². The van der Waals surface area contributed by atoms with Crippen LogP contribution in [0.15, 0.2) is 12.1 Å². The van der Waals surface area contributed by atoms with E-state index in [1.165, 1.54) is 5.56 Å². The van der Waals surface area contributed by atoms with Crippen LogP contribution in [0.4, 0.5) is 0 Å². The molecule has 0 amide bonds. The summed E-state index contributed by atoms with van der Waals surface area (Å²) in [6.07, 6.45) is 2.08. The van der Waals surface area contributed by atoms with Crippen molar-refractivity contribution in [3.05, 3.63) is 23.3 Å². The van der Waals surface area contributed by atoms with Gasteiger partial charge in [0.05, 0.1) is 6.61 Å². The Balaban J connectivity index is 2.33. The summed E-state index contributed by atoms with van der Waals surface area (Å²) in [7, 11) is 0. The molecule has 0 fully saturated rings. The van der Waals surface area contributed by atoms with Crippen molar-refractivity contribution in [1.82, 2.24) is 0 Å². The minimum atomic E-state index is 0.276. The van der Waals surface area contributed by atoms with Gasteiger partial charge >= 0.3 is 0 Å². The van der Waals surface area contributed by atoms with Crippen molar-refractivity contribution < 1.29 is 9.47 Å². The number of ether oxygens (including phenoxy) is 2. The van der Waals surface area contributed by atoms with E-state index in [2.05, 4.69) is 19.1 Å². The largest absolute Gasteiger partial charge is 0.494 e. The molecule has 16 heavy (non-hydrogen) atoms. The van der Waals surface area contributed by atoms with Gasteiger partial charge in [0.1, 0.15) is 17.6 Å².